The van der Waals surface area contributed by atoms with Crippen LogP contribution < -0.4 is 5.73 Å². The predicted molar refractivity (Wildman–Crippen MR) is 101 cm³/mol. The van der Waals surface area contributed by atoms with Crippen LogP contribution in [0, 0.1) is 12.8 Å². The molecule has 1 aromatic rings. The van der Waals surface area contributed by atoms with Crippen molar-refractivity contribution in [3.63, 3.8) is 0 Å². The third kappa shape index (κ3) is 4.83. The number of amides is 2. The minimum Gasteiger partial charge on any atom is -0.369 e. The van der Waals surface area contributed by atoms with E-state index in [0.29, 0.717) is 13.1 Å². The molecule has 0 saturated carbocycles. The van der Waals surface area contributed by atoms with Gasteiger partial charge in [0.25, 0.3) is 0 Å². The summed E-state index contributed by atoms with van der Waals surface area (Å²) in [6.45, 7) is 8.58. The second-order valence-corrected chi connectivity index (χ2v) is 7.56. The van der Waals surface area contributed by atoms with Crippen LogP contribution in [0.25, 0.3) is 0 Å². The Labute approximate surface area is 155 Å². The number of carbonyl (C=O) groups is 2. The molecule has 1 aromatic carbocycles. The number of rotatable bonds is 5. The molecule has 2 aliphatic rings. The molecule has 0 bridgehead atoms. The number of hydrogen-bond donors (Lipinski definition) is 1. The number of nitrogens with zero attached hydrogens (tertiary/aromatic N) is 3. The minimum absolute atomic E-state index is 0.128. The van der Waals surface area contributed by atoms with Crippen molar-refractivity contribution in [2.75, 3.05) is 45.8 Å². The van der Waals surface area contributed by atoms with Gasteiger partial charge in [-0.05, 0) is 30.9 Å². The number of carbonyl (C=O) groups excluding carboxylic acids is 2. The molecule has 26 heavy (non-hydrogen) atoms. The standard InChI is InChI=1S/C20H30N4O2/c1-16-5-2-3-6-17(16)13-22-9-11-23(12-10-22)15-19(25)24-8-4-7-18(14-24)20(21)26/h2-3,5-6,18H,4,7-15H2,1H3,(H2,21,26). The molecule has 2 amide bonds. The summed E-state index contributed by atoms with van der Waals surface area (Å²) in [6.07, 6.45) is 1.67. The Kier molecular flexibility index (Phi) is 6.27. The normalized spacial score (nSPS) is 22.3. The van der Waals surface area contributed by atoms with Crippen molar-refractivity contribution in [3.8, 4) is 0 Å². The van der Waals surface area contributed by atoms with E-state index in [0.717, 1.165) is 52.1 Å². The molecule has 2 saturated heterocycles. The van der Waals surface area contributed by atoms with Crippen LogP contribution in [0.1, 0.15) is 24.0 Å². The average molecular weight is 358 g/mol. The summed E-state index contributed by atoms with van der Waals surface area (Å²) in [5.74, 6) is -0.339. The predicted octanol–water partition coefficient (Wildman–Crippen LogP) is 0.837. The van der Waals surface area contributed by atoms with Gasteiger partial charge in [0.05, 0.1) is 12.5 Å². The number of piperazine rings is 1. The van der Waals surface area contributed by atoms with Crippen molar-refractivity contribution in [2.45, 2.75) is 26.3 Å². The third-order valence-electron chi connectivity index (χ3n) is 5.66. The van der Waals surface area contributed by atoms with E-state index in [4.69, 9.17) is 5.73 Å². The molecule has 142 valence electrons. The molecule has 3 rings (SSSR count). The van der Waals surface area contributed by atoms with Crippen LogP contribution >= 0.6 is 0 Å². The molecule has 0 aromatic heterocycles. The zero-order chi connectivity index (χ0) is 18.5. The maximum absolute atomic E-state index is 12.6. The Bertz CT molecular complexity index is 640. The summed E-state index contributed by atoms with van der Waals surface area (Å²) in [4.78, 5) is 30.5. The Hall–Kier alpha value is -1.92. The monoisotopic (exact) mass is 358 g/mol. The van der Waals surface area contributed by atoms with Gasteiger partial charge in [0.2, 0.25) is 11.8 Å². The van der Waals surface area contributed by atoms with Crippen LogP contribution in [-0.4, -0.2) is 72.3 Å². The van der Waals surface area contributed by atoms with Crippen molar-refractivity contribution in [2.24, 2.45) is 11.7 Å². The number of nitrogens with two attached hydrogens (primary N) is 1. The molecule has 2 aliphatic heterocycles. The van der Waals surface area contributed by atoms with Crippen molar-refractivity contribution >= 4 is 11.8 Å². The largest absolute Gasteiger partial charge is 0.369 e. The Morgan fingerprint density at radius 3 is 2.46 bits per heavy atom. The van der Waals surface area contributed by atoms with E-state index in [2.05, 4.69) is 41.0 Å². The fraction of sp³-hybridized carbons (Fsp3) is 0.600. The maximum Gasteiger partial charge on any atom is 0.236 e. The highest BCUT2D eigenvalue weighted by Crippen LogP contribution is 2.17. The third-order valence-corrected chi connectivity index (χ3v) is 5.66. The number of benzene rings is 1. The zero-order valence-corrected chi connectivity index (χ0v) is 15.7. The Morgan fingerprint density at radius 2 is 1.77 bits per heavy atom. The van der Waals surface area contributed by atoms with Crippen molar-refractivity contribution in [3.05, 3.63) is 35.4 Å². The number of hydrogen-bond acceptors (Lipinski definition) is 4. The first-order valence-corrected chi connectivity index (χ1v) is 9.59. The molecule has 0 spiro atoms. The number of primary amides is 1. The molecule has 1 unspecified atom stereocenters. The lowest BCUT2D eigenvalue weighted by atomic mass is 9.97. The average Bonchev–Trinajstić information content (AvgIpc) is 2.65. The van der Waals surface area contributed by atoms with Gasteiger partial charge < -0.3 is 10.6 Å². The number of aryl methyl sites for hydroxylation is 1. The van der Waals surface area contributed by atoms with Crippen molar-refractivity contribution < 1.29 is 9.59 Å². The summed E-state index contributed by atoms with van der Waals surface area (Å²) in [7, 11) is 0. The number of piperidine rings is 1. The molecule has 0 radical (unpaired) electrons. The van der Waals surface area contributed by atoms with Gasteiger partial charge in [0, 0.05) is 45.8 Å². The van der Waals surface area contributed by atoms with Crippen LogP contribution in [0.2, 0.25) is 0 Å². The summed E-state index contributed by atoms with van der Waals surface area (Å²) >= 11 is 0. The first kappa shape index (κ1) is 18.9. The van der Waals surface area contributed by atoms with Crippen LogP contribution in [0.3, 0.4) is 0 Å². The Balaban J connectivity index is 1.44. The first-order valence-electron chi connectivity index (χ1n) is 9.59. The van der Waals surface area contributed by atoms with E-state index >= 15 is 0 Å². The summed E-state index contributed by atoms with van der Waals surface area (Å²) in [5.41, 5.74) is 8.12. The van der Waals surface area contributed by atoms with E-state index < -0.39 is 0 Å². The molecule has 6 nitrogen and oxygen atoms in total. The molecule has 2 N–H and O–H groups in total. The van der Waals surface area contributed by atoms with E-state index in [1.807, 2.05) is 4.90 Å². The first-order chi connectivity index (χ1) is 12.5. The highest BCUT2D eigenvalue weighted by molar-refractivity contribution is 5.81. The van der Waals surface area contributed by atoms with Gasteiger partial charge in [-0.15, -0.1) is 0 Å². The van der Waals surface area contributed by atoms with Crippen LogP contribution in [0.4, 0.5) is 0 Å². The zero-order valence-electron chi connectivity index (χ0n) is 15.7. The quantitative estimate of drug-likeness (QED) is 0.847. The molecular formula is C20H30N4O2. The fourth-order valence-electron chi connectivity index (χ4n) is 3.86. The maximum atomic E-state index is 12.6. The van der Waals surface area contributed by atoms with Crippen molar-refractivity contribution in [1.29, 1.82) is 0 Å². The van der Waals surface area contributed by atoms with Crippen LogP contribution in [0.15, 0.2) is 24.3 Å². The van der Waals surface area contributed by atoms with Crippen LogP contribution in [0.5, 0.6) is 0 Å². The lowest BCUT2D eigenvalue weighted by Gasteiger charge is -2.37. The number of likely N-dealkylation sites (tertiary alicyclic amines) is 1. The van der Waals surface area contributed by atoms with Crippen LogP contribution in [-0.2, 0) is 16.1 Å². The van der Waals surface area contributed by atoms with Gasteiger partial charge in [-0.1, -0.05) is 24.3 Å². The highest BCUT2D eigenvalue weighted by Gasteiger charge is 2.28. The van der Waals surface area contributed by atoms with E-state index in [-0.39, 0.29) is 17.7 Å². The fourth-order valence-corrected chi connectivity index (χ4v) is 3.86. The smallest absolute Gasteiger partial charge is 0.236 e. The molecule has 2 heterocycles. The van der Waals surface area contributed by atoms with Crippen molar-refractivity contribution in [1.82, 2.24) is 14.7 Å². The molecule has 1 atom stereocenters. The van der Waals surface area contributed by atoms with Gasteiger partial charge in [-0.3, -0.25) is 19.4 Å². The highest BCUT2D eigenvalue weighted by atomic mass is 16.2. The summed E-state index contributed by atoms with van der Waals surface area (Å²) in [6, 6.07) is 8.51. The van der Waals surface area contributed by atoms with E-state index in [1.54, 1.807) is 0 Å². The second kappa shape index (κ2) is 8.64. The Morgan fingerprint density at radius 1 is 1.08 bits per heavy atom. The lowest BCUT2D eigenvalue weighted by molar-refractivity contribution is -0.136. The SMILES string of the molecule is Cc1ccccc1CN1CCN(CC(=O)N2CCCC(C(N)=O)C2)CC1. The van der Waals surface area contributed by atoms with E-state index in [1.165, 1.54) is 11.1 Å². The van der Waals surface area contributed by atoms with Gasteiger partial charge >= 0.3 is 0 Å². The van der Waals surface area contributed by atoms with E-state index in [9.17, 15) is 9.59 Å². The van der Waals surface area contributed by atoms with Gasteiger partial charge in [-0.25, -0.2) is 0 Å². The molecule has 0 aliphatic carbocycles. The van der Waals surface area contributed by atoms with Gasteiger partial charge in [0.1, 0.15) is 0 Å². The van der Waals surface area contributed by atoms with Gasteiger partial charge in [-0.2, -0.15) is 0 Å². The second-order valence-electron chi connectivity index (χ2n) is 7.56. The topological polar surface area (TPSA) is 69.9 Å². The molecular weight excluding hydrogens is 328 g/mol. The minimum atomic E-state index is -0.285. The lowest BCUT2D eigenvalue weighted by Crippen LogP contribution is -2.51. The summed E-state index contributed by atoms with van der Waals surface area (Å²) in [5, 5.41) is 0. The molecule has 6 heteroatoms. The summed E-state index contributed by atoms with van der Waals surface area (Å²) < 4.78 is 0. The van der Waals surface area contributed by atoms with Gasteiger partial charge in [0.15, 0.2) is 0 Å². The molecule has 2 fully saturated rings.